The number of ketones is 1. The van der Waals surface area contributed by atoms with Crippen molar-refractivity contribution in [1.29, 1.82) is 0 Å². The molecule has 6 atom stereocenters. The first-order valence-corrected chi connectivity index (χ1v) is 8.81. The zero-order valence-corrected chi connectivity index (χ0v) is 16.2. The summed E-state index contributed by atoms with van der Waals surface area (Å²) in [4.78, 5) is 25.9. The molecular formula is C21H28O4. The van der Waals surface area contributed by atoms with E-state index < -0.39 is 22.9 Å². The van der Waals surface area contributed by atoms with Crippen LogP contribution in [0.5, 0.6) is 0 Å². The zero-order chi connectivity index (χ0) is 18.9. The summed E-state index contributed by atoms with van der Waals surface area (Å²) in [6.07, 6.45) is 3.72. The van der Waals surface area contributed by atoms with Crippen LogP contribution in [0.3, 0.4) is 0 Å². The Balaban J connectivity index is 2.29. The average molecular weight is 344 g/mol. The lowest BCUT2D eigenvalue weighted by Crippen LogP contribution is -2.60. The van der Waals surface area contributed by atoms with Crippen molar-refractivity contribution in [2.24, 2.45) is 22.2 Å². The lowest BCUT2D eigenvalue weighted by Gasteiger charge is -2.52. The molecule has 3 aliphatic rings. The van der Waals surface area contributed by atoms with Gasteiger partial charge in [0.15, 0.2) is 5.78 Å². The molecule has 1 saturated heterocycles. The van der Waals surface area contributed by atoms with E-state index in [1.165, 1.54) is 7.11 Å². The minimum Gasteiger partial charge on any atom is -0.468 e. The largest absolute Gasteiger partial charge is 0.468 e. The first-order chi connectivity index (χ1) is 11.5. The molecule has 1 unspecified atom stereocenters. The predicted molar refractivity (Wildman–Crippen MR) is 95.8 cm³/mol. The highest BCUT2D eigenvalue weighted by Crippen LogP contribution is 2.72. The lowest BCUT2D eigenvalue weighted by atomic mass is 9.48. The van der Waals surface area contributed by atoms with Gasteiger partial charge in [-0.2, -0.15) is 0 Å². The van der Waals surface area contributed by atoms with Crippen LogP contribution in [-0.4, -0.2) is 31.1 Å². The zero-order valence-electron chi connectivity index (χ0n) is 16.2. The highest BCUT2D eigenvalue weighted by molar-refractivity contribution is 6.14. The van der Waals surface area contributed by atoms with Gasteiger partial charge in [-0.05, 0) is 33.3 Å². The van der Waals surface area contributed by atoms with Crippen LogP contribution >= 0.6 is 0 Å². The van der Waals surface area contributed by atoms with Gasteiger partial charge >= 0.3 is 5.97 Å². The normalized spacial score (nSPS) is 46.1. The van der Waals surface area contributed by atoms with Gasteiger partial charge in [-0.15, -0.1) is 0 Å². The molecule has 2 aliphatic carbocycles. The highest BCUT2D eigenvalue weighted by atomic mass is 16.5. The second-order valence-electron chi connectivity index (χ2n) is 8.36. The summed E-state index contributed by atoms with van der Waals surface area (Å²) in [5.41, 5.74) is 0.551. The molecule has 0 N–H and O–H groups in total. The fourth-order valence-corrected chi connectivity index (χ4v) is 5.94. The Kier molecular flexibility index (Phi) is 3.74. The van der Waals surface area contributed by atoms with Crippen molar-refractivity contribution in [1.82, 2.24) is 0 Å². The first kappa shape index (κ1) is 18.1. The Hall–Kier alpha value is -1.68. The Morgan fingerprint density at radius 3 is 2.48 bits per heavy atom. The van der Waals surface area contributed by atoms with Crippen LogP contribution in [0.1, 0.15) is 41.5 Å². The molecule has 0 spiro atoms. The number of carbonyl (C=O) groups excluding carboxylic acids is 2. The van der Waals surface area contributed by atoms with Gasteiger partial charge in [-0.25, -0.2) is 0 Å². The summed E-state index contributed by atoms with van der Waals surface area (Å²) < 4.78 is 11.5. The van der Waals surface area contributed by atoms with Crippen molar-refractivity contribution in [2.45, 2.75) is 53.8 Å². The van der Waals surface area contributed by atoms with E-state index in [4.69, 9.17) is 9.47 Å². The maximum atomic E-state index is 13.2. The number of hydrogen-bond acceptors (Lipinski definition) is 4. The molecule has 1 heterocycles. The van der Waals surface area contributed by atoms with E-state index in [1.54, 1.807) is 6.92 Å². The molecule has 0 aromatic rings. The molecule has 0 radical (unpaired) electrons. The quantitative estimate of drug-likeness (QED) is 0.332. The Morgan fingerprint density at radius 2 is 1.96 bits per heavy atom. The number of allylic oxidation sites excluding steroid dienone is 2. The maximum Gasteiger partial charge on any atom is 0.320 e. The van der Waals surface area contributed by atoms with E-state index in [1.807, 2.05) is 13.8 Å². The van der Waals surface area contributed by atoms with Crippen LogP contribution in [-0.2, 0) is 19.1 Å². The minimum atomic E-state index is -1.27. The van der Waals surface area contributed by atoms with E-state index in [0.717, 1.165) is 11.1 Å². The van der Waals surface area contributed by atoms with Crippen molar-refractivity contribution in [3.05, 3.63) is 35.5 Å². The van der Waals surface area contributed by atoms with E-state index in [2.05, 4.69) is 39.5 Å². The molecule has 0 aromatic heterocycles. The standard InChI is InChI=1S/C21H28O4/c1-9-11(2)16-19(5)10-12(3)14-20(6,18(23)24-8)15(22)13(4)17(25-16)21(14,19)7/h9-10,14,16-17H,4H2,1-3,5-8H3/b11-9+/t14-,16+,17?,19+,20+,21-/m1/s1. The van der Waals surface area contributed by atoms with Crippen LogP contribution in [0, 0.1) is 22.2 Å². The molecular weight excluding hydrogens is 316 g/mol. The summed E-state index contributed by atoms with van der Waals surface area (Å²) in [5.74, 6) is -1.02. The number of rotatable bonds is 2. The Morgan fingerprint density at radius 1 is 1.36 bits per heavy atom. The van der Waals surface area contributed by atoms with Crippen molar-refractivity contribution in [3.8, 4) is 0 Å². The van der Waals surface area contributed by atoms with Crippen molar-refractivity contribution in [2.75, 3.05) is 7.11 Å². The highest BCUT2D eigenvalue weighted by Gasteiger charge is 2.76. The van der Waals surface area contributed by atoms with Crippen LogP contribution in [0.25, 0.3) is 0 Å². The topological polar surface area (TPSA) is 52.6 Å². The van der Waals surface area contributed by atoms with Gasteiger partial charge in [0, 0.05) is 22.3 Å². The fraction of sp³-hybridized carbons (Fsp3) is 0.619. The van der Waals surface area contributed by atoms with Crippen molar-refractivity contribution in [3.63, 3.8) is 0 Å². The molecule has 0 aromatic carbocycles. The average Bonchev–Trinajstić information content (AvgIpc) is 2.92. The van der Waals surface area contributed by atoms with Gasteiger partial charge in [-0.3, -0.25) is 9.59 Å². The van der Waals surface area contributed by atoms with Crippen molar-refractivity contribution >= 4 is 11.8 Å². The van der Waals surface area contributed by atoms with Gasteiger partial charge in [0.2, 0.25) is 0 Å². The summed E-state index contributed by atoms with van der Waals surface area (Å²) in [5, 5.41) is 0. The molecule has 1 aliphatic heterocycles. The number of Topliss-reactive ketones (excluding diaryl/α,β-unsaturated/α-hetero) is 1. The predicted octanol–water partition coefficient (Wildman–Crippen LogP) is 3.63. The van der Waals surface area contributed by atoms with E-state index in [0.29, 0.717) is 5.57 Å². The molecule has 0 bridgehead atoms. The Labute approximate surface area is 150 Å². The first-order valence-electron chi connectivity index (χ1n) is 8.81. The number of carbonyl (C=O) groups is 2. The number of esters is 1. The fourth-order valence-electron chi connectivity index (χ4n) is 5.94. The molecule has 25 heavy (non-hydrogen) atoms. The van der Waals surface area contributed by atoms with E-state index in [-0.39, 0.29) is 23.2 Å². The van der Waals surface area contributed by atoms with Crippen LogP contribution < -0.4 is 0 Å². The van der Waals surface area contributed by atoms with Crippen LogP contribution in [0.2, 0.25) is 0 Å². The van der Waals surface area contributed by atoms with Gasteiger partial charge in [0.1, 0.15) is 5.41 Å². The van der Waals surface area contributed by atoms with Gasteiger partial charge in [0.25, 0.3) is 0 Å². The smallest absolute Gasteiger partial charge is 0.320 e. The third-order valence-corrected chi connectivity index (χ3v) is 7.24. The van der Waals surface area contributed by atoms with Crippen molar-refractivity contribution < 1.29 is 19.1 Å². The molecule has 3 rings (SSSR count). The van der Waals surface area contributed by atoms with Crippen LogP contribution in [0.15, 0.2) is 35.5 Å². The van der Waals surface area contributed by atoms with Gasteiger partial charge < -0.3 is 9.47 Å². The Bertz CT molecular complexity index is 745. The van der Waals surface area contributed by atoms with E-state index in [9.17, 15) is 9.59 Å². The van der Waals surface area contributed by atoms with Gasteiger partial charge in [-0.1, -0.05) is 38.2 Å². The molecule has 4 nitrogen and oxygen atoms in total. The number of hydrogen-bond donors (Lipinski definition) is 0. The third kappa shape index (κ3) is 1.76. The summed E-state index contributed by atoms with van der Waals surface area (Å²) in [7, 11) is 1.34. The summed E-state index contributed by atoms with van der Waals surface area (Å²) in [6.45, 7) is 16.1. The van der Waals surface area contributed by atoms with Gasteiger partial charge in [0.05, 0.1) is 19.3 Å². The third-order valence-electron chi connectivity index (χ3n) is 7.24. The SMILES string of the molecule is C=C1C(=O)[C@@](C)(C(=O)OC)[C@H]2C(C)=C[C@@]3(C)[C@H](/C(C)=C/C)OC1[C@@]23C. The summed E-state index contributed by atoms with van der Waals surface area (Å²) in [6, 6.07) is 0. The molecule has 0 amide bonds. The lowest BCUT2D eigenvalue weighted by molar-refractivity contribution is -0.167. The molecule has 136 valence electrons. The van der Waals surface area contributed by atoms with E-state index >= 15 is 0 Å². The number of ether oxygens (including phenoxy) is 2. The molecule has 4 heteroatoms. The summed E-state index contributed by atoms with van der Waals surface area (Å²) >= 11 is 0. The molecule has 2 fully saturated rings. The molecule has 1 saturated carbocycles. The second kappa shape index (κ2) is 5.16. The number of methoxy groups -OCH3 is 1. The van der Waals surface area contributed by atoms with Crippen LogP contribution in [0.4, 0.5) is 0 Å². The second-order valence-corrected chi connectivity index (χ2v) is 8.36. The monoisotopic (exact) mass is 344 g/mol. The maximum absolute atomic E-state index is 13.2. The minimum absolute atomic E-state index is 0.142.